The minimum absolute atomic E-state index is 0.193. The highest BCUT2D eigenvalue weighted by molar-refractivity contribution is 6.30. The fourth-order valence-corrected chi connectivity index (χ4v) is 2.90. The summed E-state index contributed by atoms with van der Waals surface area (Å²) < 4.78 is 6.42. The molecule has 0 saturated heterocycles. The lowest BCUT2D eigenvalue weighted by Gasteiger charge is -2.20. The van der Waals surface area contributed by atoms with Crippen molar-refractivity contribution < 1.29 is 19.1 Å². The number of halogens is 1. The zero-order chi connectivity index (χ0) is 23.9. The molecule has 0 radical (unpaired) electrons. The largest absolute Gasteiger partial charge is 0.465 e. The molecule has 0 aliphatic carbocycles. The van der Waals surface area contributed by atoms with Crippen LogP contribution < -0.4 is 10.6 Å². The lowest BCUT2D eigenvalue weighted by atomic mass is 9.92. The third-order valence-corrected chi connectivity index (χ3v) is 4.76. The van der Waals surface area contributed by atoms with Gasteiger partial charge in [-0.2, -0.15) is 5.10 Å². The Kier molecular flexibility index (Phi) is 8.65. The van der Waals surface area contributed by atoms with Crippen LogP contribution in [0.2, 0.25) is 5.02 Å². The molecule has 1 heterocycles. The van der Waals surface area contributed by atoms with Gasteiger partial charge in [0.15, 0.2) is 0 Å². The van der Waals surface area contributed by atoms with Gasteiger partial charge in [-0.25, -0.2) is 9.48 Å². The molecular formula is C22H30ClN5O4. The van der Waals surface area contributed by atoms with Crippen LogP contribution >= 0.6 is 11.6 Å². The number of esters is 1. The SMILES string of the molecule is CCOC(=O)CNC(=O)N(CC)CC(=O)Nc1cc(C(C)(C)C)nn1-c1ccc(Cl)cc1. The summed E-state index contributed by atoms with van der Waals surface area (Å²) in [6.07, 6.45) is 0. The van der Waals surface area contributed by atoms with Crippen LogP contribution in [0.3, 0.4) is 0 Å². The van der Waals surface area contributed by atoms with Crippen molar-refractivity contribution in [2.24, 2.45) is 0 Å². The maximum Gasteiger partial charge on any atom is 0.325 e. The molecule has 1 aromatic heterocycles. The molecule has 0 fully saturated rings. The van der Waals surface area contributed by atoms with E-state index >= 15 is 0 Å². The van der Waals surface area contributed by atoms with Gasteiger partial charge in [-0.3, -0.25) is 9.59 Å². The van der Waals surface area contributed by atoms with E-state index in [4.69, 9.17) is 16.3 Å². The van der Waals surface area contributed by atoms with E-state index in [1.807, 2.05) is 26.8 Å². The minimum Gasteiger partial charge on any atom is -0.465 e. The number of rotatable bonds is 8. The van der Waals surface area contributed by atoms with Crippen LogP contribution in [0, 0.1) is 0 Å². The lowest BCUT2D eigenvalue weighted by Crippen LogP contribution is -2.45. The van der Waals surface area contributed by atoms with Crippen LogP contribution in [0.25, 0.3) is 5.69 Å². The van der Waals surface area contributed by atoms with Crippen molar-refractivity contribution in [1.82, 2.24) is 20.0 Å². The molecular weight excluding hydrogens is 434 g/mol. The van der Waals surface area contributed by atoms with Gasteiger partial charge in [0.1, 0.15) is 18.9 Å². The first kappa shape index (κ1) is 25.2. The lowest BCUT2D eigenvalue weighted by molar-refractivity contribution is -0.141. The second-order valence-corrected chi connectivity index (χ2v) is 8.52. The number of benzene rings is 1. The normalized spacial score (nSPS) is 11.1. The molecule has 0 saturated carbocycles. The number of amides is 3. The highest BCUT2D eigenvalue weighted by Gasteiger charge is 2.23. The summed E-state index contributed by atoms with van der Waals surface area (Å²) in [4.78, 5) is 37.8. The molecule has 2 N–H and O–H groups in total. The molecule has 2 aromatic rings. The van der Waals surface area contributed by atoms with Gasteiger partial charge < -0.3 is 20.3 Å². The Morgan fingerprint density at radius 3 is 2.38 bits per heavy atom. The predicted octanol–water partition coefficient (Wildman–Crippen LogP) is 3.36. The van der Waals surface area contributed by atoms with Crippen molar-refractivity contribution in [2.45, 2.75) is 40.0 Å². The van der Waals surface area contributed by atoms with Crippen molar-refractivity contribution in [3.05, 3.63) is 41.0 Å². The zero-order valence-electron chi connectivity index (χ0n) is 19.1. The van der Waals surface area contributed by atoms with Gasteiger partial charge in [-0.05, 0) is 38.1 Å². The third kappa shape index (κ3) is 6.98. The number of carbonyl (C=O) groups excluding carboxylic acids is 3. The van der Waals surface area contributed by atoms with Gasteiger partial charge in [-0.15, -0.1) is 0 Å². The number of urea groups is 1. The van der Waals surface area contributed by atoms with E-state index in [1.165, 1.54) is 4.90 Å². The molecule has 32 heavy (non-hydrogen) atoms. The summed E-state index contributed by atoms with van der Waals surface area (Å²) in [6, 6.07) is 8.37. The van der Waals surface area contributed by atoms with Gasteiger partial charge in [0.25, 0.3) is 0 Å². The van der Waals surface area contributed by atoms with Crippen molar-refractivity contribution in [1.29, 1.82) is 0 Å². The number of ether oxygens (including phenoxy) is 1. The van der Waals surface area contributed by atoms with E-state index < -0.39 is 17.9 Å². The first-order valence-electron chi connectivity index (χ1n) is 10.4. The third-order valence-electron chi connectivity index (χ3n) is 4.51. The molecule has 1 aromatic carbocycles. The number of hydrogen-bond donors (Lipinski definition) is 2. The van der Waals surface area contributed by atoms with Gasteiger partial charge in [0.2, 0.25) is 5.91 Å². The van der Waals surface area contributed by atoms with Crippen LogP contribution in [0.1, 0.15) is 40.3 Å². The second kappa shape index (κ2) is 11.0. The highest BCUT2D eigenvalue weighted by atomic mass is 35.5. The Bertz CT molecular complexity index is 950. The maximum atomic E-state index is 12.7. The number of nitrogens with one attached hydrogen (secondary N) is 2. The van der Waals surface area contributed by atoms with Crippen molar-refractivity contribution in [3.8, 4) is 5.69 Å². The van der Waals surface area contributed by atoms with E-state index in [1.54, 1.807) is 42.8 Å². The quantitative estimate of drug-likeness (QED) is 0.584. The van der Waals surface area contributed by atoms with Crippen LogP contribution in [-0.2, 0) is 19.7 Å². The van der Waals surface area contributed by atoms with E-state index in [0.29, 0.717) is 10.8 Å². The fraction of sp³-hybridized carbons (Fsp3) is 0.455. The Labute approximate surface area is 193 Å². The number of carbonyl (C=O) groups is 3. The van der Waals surface area contributed by atoms with Crippen LogP contribution in [-0.4, -0.2) is 58.8 Å². The van der Waals surface area contributed by atoms with Gasteiger partial charge in [0.05, 0.1) is 18.0 Å². The first-order valence-corrected chi connectivity index (χ1v) is 10.8. The van der Waals surface area contributed by atoms with Gasteiger partial charge >= 0.3 is 12.0 Å². The number of anilines is 1. The summed E-state index contributed by atoms with van der Waals surface area (Å²) in [5.41, 5.74) is 1.29. The Balaban J connectivity index is 2.15. The van der Waals surface area contributed by atoms with Crippen LogP contribution in [0.4, 0.5) is 10.6 Å². The molecule has 174 valence electrons. The first-order chi connectivity index (χ1) is 15.0. The molecule has 0 unspecified atom stereocenters. The van der Waals surface area contributed by atoms with Crippen molar-refractivity contribution in [3.63, 3.8) is 0 Å². The smallest absolute Gasteiger partial charge is 0.325 e. The van der Waals surface area contributed by atoms with E-state index in [0.717, 1.165) is 11.4 Å². The van der Waals surface area contributed by atoms with Gasteiger partial charge in [-0.1, -0.05) is 32.4 Å². The standard InChI is InChI=1S/C22H30ClN5O4/c1-6-27(21(31)24-13-20(30)32-7-2)14-19(29)25-18-12-17(22(3,4)5)26-28(18)16-10-8-15(23)9-11-16/h8-12H,6-7,13-14H2,1-5H3,(H,24,31)(H,25,29). The topological polar surface area (TPSA) is 106 Å². The number of aromatic nitrogens is 2. The average Bonchev–Trinajstić information content (AvgIpc) is 3.15. The van der Waals surface area contributed by atoms with Crippen LogP contribution in [0.15, 0.2) is 30.3 Å². The number of nitrogens with zero attached hydrogens (tertiary/aromatic N) is 3. The molecule has 3 amide bonds. The molecule has 2 rings (SSSR count). The molecule has 10 heteroatoms. The van der Waals surface area contributed by atoms with Crippen molar-refractivity contribution >= 4 is 35.3 Å². The summed E-state index contributed by atoms with van der Waals surface area (Å²) >= 11 is 5.99. The molecule has 0 aliphatic heterocycles. The number of hydrogen-bond acceptors (Lipinski definition) is 5. The Morgan fingerprint density at radius 2 is 1.81 bits per heavy atom. The summed E-state index contributed by atoms with van der Waals surface area (Å²) in [5.74, 6) is -0.457. The van der Waals surface area contributed by atoms with Crippen LogP contribution in [0.5, 0.6) is 0 Å². The molecule has 0 aliphatic rings. The molecule has 9 nitrogen and oxygen atoms in total. The summed E-state index contributed by atoms with van der Waals surface area (Å²) in [7, 11) is 0. The maximum absolute atomic E-state index is 12.7. The van der Waals surface area contributed by atoms with Crippen molar-refractivity contribution in [2.75, 3.05) is 31.6 Å². The second-order valence-electron chi connectivity index (χ2n) is 8.08. The number of likely N-dealkylation sites (N-methyl/N-ethyl adjacent to an activating group) is 1. The zero-order valence-corrected chi connectivity index (χ0v) is 19.8. The minimum atomic E-state index is -0.539. The summed E-state index contributed by atoms with van der Waals surface area (Å²) in [6.45, 7) is 9.57. The molecule has 0 atom stereocenters. The average molecular weight is 464 g/mol. The Hall–Kier alpha value is -3.07. The molecule has 0 spiro atoms. The molecule has 0 bridgehead atoms. The summed E-state index contributed by atoms with van der Waals surface area (Å²) in [5, 5.41) is 10.5. The Morgan fingerprint density at radius 1 is 1.16 bits per heavy atom. The highest BCUT2D eigenvalue weighted by Crippen LogP contribution is 2.26. The fourth-order valence-electron chi connectivity index (χ4n) is 2.77. The monoisotopic (exact) mass is 463 g/mol. The van der Waals surface area contributed by atoms with E-state index in [2.05, 4.69) is 15.7 Å². The van der Waals surface area contributed by atoms with E-state index in [-0.39, 0.29) is 31.7 Å². The van der Waals surface area contributed by atoms with E-state index in [9.17, 15) is 14.4 Å². The predicted molar refractivity (Wildman–Crippen MR) is 123 cm³/mol. The van der Waals surface area contributed by atoms with Gasteiger partial charge in [0, 0.05) is 23.0 Å².